The number of allylic oxidation sites excluding steroid dienone is 1. The largest absolute Gasteiger partial charge is 0.463 e. The monoisotopic (exact) mass is 205 g/mol. The van der Waals surface area contributed by atoms with E-state index in [2.05, 4.69) is 10.1 Å². The second kappa shape index (κ2) is 6.48. The van der Waals surface area contributed by atoms with E-state index in [0.717, 1.165) is 0 Å². The van der Waals surface area contributed by atoms with Gasteiger partial charge in [0.15, 0.2) is 0 Å². The normalized spacial score (nSPS) is 10.8. The lowest BCUT2D eigenvalue weighted by Crippen LogP contribution is -2.23. The number of carbonyl (C=O) groups is 2. The molecule has 74 valence electrons. The number of hydrogen-bond donors (Lipinski definition) is 1. The molecule has 0 aromatic carbocycles. The molecular weight excluding hydrogens is 194 g/mol. The van der Waals surface area contributed by atoms with Crippen LogP contribution in [0.2, 0.25) is 0 Å². The van der Waals surface area contributed by atoms with Gasteiger partial charge in [0.2, 0.25) is 5.91 Å². The topological polar surface area (TPSA) is 55.4 Å². The SMILES string of the molecule is CCOC(=O)/C=C(\C)NC(=O)CCl. The Morgan fingerprint density at radius 1 is 1.54 bits per heavy atom. The van der Waals surface area contributed by atoms with Gasteiger partial charge >= 0.3 is 5.97 Å². The summed E-state index contributed by atoms with van der Waals surface area (Å²) in [5.41, 5.74) is 0.420. The van der Waals surface area contributed by atoms with E-state index in [4.69, 9.17) is 11.6 Å². The van der Waals surface area contributed by atoms with Crippen LogP contribution in [0, 0.1) is 0 Å². The van der Waals surface area contributed by atoms with Crippen molar-refractivity contribution in [3.05, 3.63) is 11.8 Å². The number of alkyl halides is 1. The lowest BCUT2D eigenvalue weighted by molar-refractivity contribution is -0.137. The maximum atomic E-state index is 10.8. The molecule has 4 nitrogen and oxygen atoms in total. The van der Waals surface area contributed by atoms with E-state index in [1.807, 2.05) is 0 Å². The van der Waals surface area contributed by atoms with Crippen LogP contribution >= 0.6 is 11.6 Å². The van der Waals surface area contributed by atoms with Crippen LogP contribution in [0.4, 0.5) is 0 Å². The Balaban J connectivity index is 4.01. The van der Waals surface area contributed by atoms with Gasteiger partial charge in [0.05, 0.1) is 6.61 Å². The lowest BCUT2D eigenvalue weighted by atomic mass is 10.4. The number of rotatable bonds is 4. The van der Waals surface area contributed by atoms with Crippen molar-refractivity contribution in [3.8, 4) is 0 Å². The van der Waals surface area contributed by atoms with Gasteiger partial charge < -0.3 is 10.1 Å². The number of amides is 1. The van der Waals surface area contributed by atoms with Gasteiger partial charge in [-0.05, 0) is 13.8 Å². The summed E-state index contributed by atoms with van der Waals surface area (Å²) in [5, 5.41) is 2.41. The molecule has 0 saturated carbocycles. The molecule has 0 radical (unpaired) electrons. The Morgan fingerprint density at radius 3 is 2.62 bits per heavy atom. The average molecular weight is 206 g/mol. The number of nitrogens with one attached hydrogen (secondary N) is 1. The second-order valence-electron chi connectivity index (χ2n) is 2.26. The molecule has 0 spiro atoms. The highest BCUT2D eigenvalue weighted by atomic mass is 35.5. The van der Waals surface area contributed by atoms with Crippen molar-refractivity contribution in [1.82, 2.24) is 5.32 Å². The predicted molar refractivity (Wildman–Crippen MR) is 49.3 cm³/mol. The fourth-order valence-electron chi connectivity index (χ4n) is 0.650. The number of halogens is 1. The number of hydrogen-bond acceptors (Lipinski definition) is 3. The molecule has 0 aromatic heterocycles. The Bertz CT molecular complexity index is 225. The number of ether oxygens (including phenoxy) is 1. The minimum absolute atomic E-state index is 0.131. The zero-order valence-electron chi connectivity index (χ0n) is 7.59. The summed E-state index contributed by atoms with van der Waals surface area (Å²) >= 11 is 5.24. The highest BCUT2D eigenvalue weighted by molar-refractivity contribution is 6.27. The van der Waals surface area contributed by atoms with Gasteiger partial charge in [-0.15, -0.1) is 11.6 Å². The maximum Gasteiger partial charge on any atom is 0.332 e. The fraction of sp³-hybridized carbons (Fsp3) is 0.500. The first-order valence-electron chi connectivity index (χ1n) is 3.81. The minimum Gasteiger partial charge on any atom is -0.463 e. The van der Waals surface area contributed by atoms with Gasteiger partial charge in [-0.25, -0.2) is 4.79 Å². The maximum absolute atomic E-state index is 10.8. The van der Waals surface area contributed by atoms with Crippen molar-refractivity contribution in [2.45, 2.75) is 13.8 Å². The zero-order chi connectivity index (χ0) is 10.3. The van der Waals surface area contributed by atoms with Crippen molar-refractivity contribution in [1.29, 1.82) is 0 Å². The van der Waals surface area contributed by atoms with Crippen LogP contribution in [-0.2, 0) is 14.3 Å². The first-order valence-corrected chi connectivity index (χ1v) is 4.34. The average Bonchev–Trinajstić information content (AvgIpc) is 2.04. The third kappa shape index (κ3) is 6.16. The van der Waals surface area contributed by atoms with E-state index in [-0.39, 0.29) is 11.8 Å². The summed E-state index contributed by atoms with van der Waals surface area (Å²) in [7, 11) is 0. The Morgan fingerprint density at radius 2 is 2.15 bits per heavy atom. The molecule has 0 unspecified atom stereocenters. The molecule has 0 fully saturated rings. The van der Waals surface area contributed by atoms with E-state index in [9.17, 15) is 9.59 Å². The van der Waals surface area contributed by atoms with Gasteiger partial charge in [0.25, 0.3) is 0 Å². The molecule has 0 aliphatic carbocycles. The number of esters is 1. The molecule has 0 aromatic rings. The van der Waals surface area contributed by atoms with Crippen molar-refractivity contribution in [2.24, 2.45) is 0 Å². The fourth-order valence-corrected chi connectivity index (χ4v) is 0.717. The van der Waals surface area contributed by atoms with Crippen molar-refractivity contribution in [3.63, 3.8) is 0 Å². The molecule has 0 aliphatic heterocycles. The molecule has 5 heteroatoms. The molecule has 0 atom stereocenters. The smallest absolute Gasteiger partial charge is 0.332 e. The van der Waals surface area contributed by atoms with Crippen LogP contribution in [0.25, 0.3) is 0 Å². The third-order valence-corrected chi connectivity index (χ3v) is 1.32. The summed E-state index contributed by atoms with van der Waals surface area (Å²) in [4.78, 5) is 21.6. The Labute approximate surface area is 81.9 Å². The van der Waals surface area contributed by atoms with Crippen LogP contribution in [0.1, 0.15) is 13.8 Å². The van der Waals surface area contributed by atoms with Crippen molar-refractivity contribution in [2.75, 3.05) is 12.5 Å². The van der Waals surface area contributed by atoms with E-state index >= 15 is 0 Å². The quantitative estimate of drug-likeness (QED) is 0.420. The number of carbonyl (C=O) groups excluding carboxylic acids is 2. The summed E-state index contributed by atoms with van der Waals surface area (Å²) in [6.45, 7) is 3.60. The molecule has 0 saturated heterocycles. The molecular formula is C8H12ClNO3. The Kier molecular flexibility index (Phi) is 5.97. The van der Waals surface area contributed by atoms with Crippen LogP contribution in [0.3, 0.4) is 0 Å². The van der Waals surface area contributed by atoms with Gasteiger partial charge in [-0.3, -0.25) is 4.79 Å². The molecule has 0 heterocycles. The Hall–Kier alpha value is -1.03. The predicted octanol–water partition coefficient (Wildman–Crippen LogP) is 0.808. The van der Waals surface area contributed by atoms with Crippen molar-refractivity contribution < 1.29 is 14.3 Å². The van der Waals surface area contributed by atoms with E-state index < -0.39 is 5.97 Å². The summed E-state index contributed by atoms with van der Waals surface area (Å²) in [6, 6.07) is 0. The van der Waals surface area contributed by atoms with Gasteiger partial charge in [-0.2, -0.15) is 0 Å². The standard InChI is InChI=1S/C8H12ClNO3/c1-3-13-8(12)4-6(2)10-7(11)5-9/h4H,3,5H2,1-2H3,(H,10,11)/b6-4+. The van der Waals surface area contributed by atoms with E-state index in [1.54, 1.807) is 13.8 Å². The van der Waals surface area contributed by atoms with E-state index in [1.165, 1.54) is 6.08 Å². The lowest BCUT2D eigenvalue weighted by Gasteiger charge is -2.02. The highest BCUT2D eigenvalue weighted by Gasteiger charge is 2.01. The first kappa shape index (κ1) is 12.0. The van der Waals surface area contributed by atoms with Gasteiger partial charge in [-0.1, -0.05) is 0 Å². The van der Waals surface area contributed by atoms with Gasteiger partial charge in [0, 0.05) is 11.8 Å². The molecule has 0 aliphatic rings. The molecule has 0 rings (SSSR count). The molecule has 0 bridgehead atoms. The summed E-state index contributed by atoms with van der Waals surface area (Å²) in [5.74, 6) is -0.955. The van der Waals surface area contributed by atoms with Gasteiger partial charge in [0.1, 0.15) is 5.88 Å². The molecule has 1 N–H and O–H groups in total. The van der Waals surface area contributed by atoms with Crippen LogP contribution in [-0.4, -0.2) is 24.4 Å². The molecule has 13 heavy (non-hydrogen) atoms. The van der Waals surface area contributed by atoms with Crippen LogP contribution in [0.15, 0.2) is 11.8 Å². The minimum atomic E-state index is -0.477. The second-order valence-corrected chi connectivity index (χ2v) is 2.53. The van der Waals surface area contributed by atoms with Crippen LogP contribution in [0.5, 0.6) is 0 Å². The van der Waals surface area contributed by atoms with Crippen LogP contribution < -0.4 is 5.32 Å². The third-order valence-electron chi connectivity index (χ3n) is 1.08. The van der Waals surface area contributed by atoms with Crippen molar-refractivity contribution >= 4 is 23.5 Å². The first-order chi connectivity index (χ1) is 6.10. The summed E-state index contributed by atoms with van der Waals surface area (Å²) < 4.78 is 4.63. The summed E-state index contributed by atoms with van der Waals surface area (Å²) in [6.07, 6.45) is 1.20. The zero-order valence-corrected chi connectivity index (χ0v) is 8.35. The highest BCUT2D eigenvalue weighted by Crippen LogP contribution is 1.90. The van der Waals surface area contributed by atoms with E-state index in [0.29, 0.717) is 12.3 Å². The molecule has 1 amide bonds.